The summed E-state index contributed by atoms with van der Waals surface area (Å²) in [6.07, 6.45) is 4.06. The number of carbonyl (C=O) groups excluding carboxylic acids is 1. The summed E-state index contributed by atoms with van der Waals surface area (Å²) in [5, 5.41) is 16.1. The fraction of sp³-hybridized carbons (Fsp3) is 0.474. The first kappa shape index (κ1) is 17.5. The average molecular weight is 371 g/mol. The normalized spacial score (nSPS) is 19.0. The Hall–Kier alpha value is -2.90. The van der Waals surface area contributed by atoms with Gasteiger partial charge >= 0.3 is 5.97 Å². The van der Waals surface area contributed by atoms with Gasteiger partial charge in [-0.15, -0.1) is 0 Å². The van der Waals surface area contributed by atoms with Crippen LogP contribution in [0.25, 0.3) is 0 Å². The Balaban J connectivity index is 1.36. The lowest BCUT2D eigenvalue weighted by atomic mass is 9.45. The molecule has 2 aliphatic rings. The van der Waals surface area contributed by atoms with Crippen molar-refractivity contribution in [2.24, 2.45) is 10.8 Å². The molecule has 1 heterocycles. The first-order valence-electron chi connectivity index (χ1n) is 8.98. The first-order chi connectivity index (χ1) is 12.9. The summed E-state index contributed by atoms with van der Waals surface area (Å²) in [5.74, 6) is 0.0266. The Morgan fingerprint density at radius 3 is 2.48 bits per heavy atom. The third-order valence-electron chi connectivity index (χ3n) is 5.66. The third-order valence-corrected chi connectivity index (χ3v) is 5.66. The van der Waals surface area contributed by atoms with Crippen molar-refractivity contribution in [3.8, 4) is 5.75 Å². The van der Waals surface area contributed by atoms with Gasteiger partial charge in [-0.3, -0.25) is 9.59 Å². The highest BCUT2D eigenvalue weighted by Crippen LogP contribution is 2.64. The molecule has 4 rings (SSSR count). The number of nitrogens with one attached hydrogen (secondary N) is 1. The van der Waals surface area contributed by atoms with Crippen LogP contribution in [0.1, 0.15) is 43.8 Å². The van der Waals surface area contributed by atoms with E-state index in [1.54, 1.807) is 31.2 Å². The minimum Gasteiger partial charge on any atom is -0.485 e. The number of aryl methyl sites for hydroxylation is 1. The number of amides is 1. The lowest BCUT2D eigenvalue weighted by molar-refractivity contribution is -0.178. The second-order valence-corrected chi connectivity index (χ2v) is 7.59. The van der Waals surface area contributed by atoms with Crippen LogP contribution in [0.4, 0.5) is 5.69 Å². The number of nitrogens with zero attached hydrogens (tertiary/aromatic N) is 2. The topological polar surface area (TPSA) is 115 Å². The number of carboxylic acid groups (broad SMARTS) is 1. The SMILES string of the molecule is Cc1nc(COc2ccc(NC(=O)C3(C(=O)O)CC4(CCC4)C3)cc2)no1. The number of aromatic nitrogens is 2. The number of aliphatic carboxylic acids is 1. The Morgan fingerprint density at radius 2 is 1.96 bits per heavy atom. The molecule has 142 valence electrons. The smallest absolute Gasteiger partial charge is 0.319 e. The van der Waals surface area contributed by atoms with Crippen molar-refractivity contribution in [3.63, 3.8) is 0 Å². The molecule has 27 heavy (non-hydrogen) atoms. The number of ether oxygens (including phenoxy) is 1. The van der Waals surface area contributed by atoms with E-state index in [-0.39, 0.29) is 12.0 Å². The molecule has 2 aliphatic carbocycles. The maximum absolute atomic E-state index is 12.6. The highest BCUT2D eigenvalue weighted by Gasteiger charge is 2.64. The number of hydrogen-bond acceptors (Lipinski definition) is 6. The van der Waals surface area contributed by atoms with Crippen LogP contribution in [0.5, 0.6) is 5.75 Å². The fourth-order valence-electron chi connectivity index (χ4n) is 4.10. The van der Waals surface area contributed by atoms with Gasteiger partial charge in [0.15, 0.2) is 6.61 Å². The van der Waals surface area contributed by atoms with E-state index in [0.717, 1.165) is 19.3 Å². The summed E-state index contributed by atoms with van der Waals surface area (Å²) in [7, 11) is 0. The molecule has 1 aromatic carbocycles. The van der Waals surface area contributed by atoms with Gasteiger partial charge < -0.3 is 19.7 Å². The molecule has 2 aromatic rings. The van der Waals surface area contributed by atoms with Crippen LogP contribution in [0.3, 0.4) is 0 Å². The lowest BCUT2D eigenvalue weighted by Gasteiger charge is -2.58. The zero-order valence-electron chi connectivity index (χ0n) is 15.0. The zero-order chi connectivity index (χ0) is 19.1. The second kappa shape index (κ2) is 6.37. The predicted molar refractivity (Wildman–Crippen MR) is 94.0 cm³/mol. The summed E-state index contributed by atoms with van der Waals surface area (Å²) in [6.45, 7) is 1.88. The van der Waals surface area contributed by atoms with E-state index in [1.807, 2.05) is 0 Å². The van der Waals surface area contributed by atoms with Crippen molar-refractivity contribution in [1.82, 2.24) is 10.1 Å². The van der Waals surface area contributed by atoms with E-state index in [9.17, 15) is 14.7 Å². The molecular weight excluding hydrogens is 350 g/mol. The molecular formula is C19H21N3O5. The Bertz CT molecular complexity index is 862. The monoisotopic (exact) mass is 371 g/mol. The predicted octanol–water partition coefficient (Wildman–Crippen LogP) is 2.93. The Kier molecular flexibility index (Phi) is 4.13. The number of anilines is 1. The van der Waals surface area contributed by atoms with E-state index in [1.165, 1.54) is 0 Å². The zero-order valence-corrected chi connectivity index (χ0v) is 15.0. The second-order valence-electron chi connectivity index (χ2n) is 7.59. The summed E-state index contributed by atoms with van der Waals surface area (Å²) in [6, 6.07) is 6.76. The maximum atomic E-state index is 12.6. The molecule has 2 fully saturated rings. The van der Waals surface area contributed by atoms with Crippen LogP contribution < -0.4 is 10.1 Å². The van der Waals surface area contributed by atoms with Gasteiger partial charge in [0, 0.05) is 12.6 Å². The van der Waals surface area contributed by atoms with Crippen LogP contribution in [-0.2, 0) is 16.2 Å². The Labute approximate surface area is 155 Å². The van der Waals surface area contributed by atoms with E-state index in [0.29, 0.717) is 36.0 Å². The fourth-order valence-corrected chi connectivity index (χ4v) is 4.10. The van der Waals surface area contributed by atoms with Gasteiger partial charge in [-0.25, -0.2) is 0 Å². The molecule has 2 saturated carbocycles. The Morgan fingerprint density at radius 1 is 1.26 bits per heavy atom. The molecule has 1 aromatic heterocycles. The van der Waals surface area contributed by atoms with Gasteiger partial charge in [-0.1, -0.05) is 11.6 Å². The summed E-state index contributed by atoms with van der Waals surface area (Å²) >= 11 is 0. The quantitative estimate of drug-likeness (QED) is 0.750. The van der Waals surface area contributed by atoms with Crippen LogP contribution in [0.15, 0.2) is 28.8 Å². The number of carboxylic acids is 1. The van der Waals surface area contributed by atoms with Gasteiger partial charge in [0.25, 0.3) is 0 Å². The summed E-state index contributed by atoms with van der Waals surface area (Å²) in [5.41, 5.74) is -0.676. The van der Waals surface area contributed by atoms with Gasteiger partial charge in [0.2, 0.25) is 17.6 Å². The molecule has 2 N–H and O–H groups in total. The van der Waals surface area contributed by atoms with Crippen molar-refractivity contribution < 1.29 is 24.0 Å². The molecule has 0 saturated heterocycles. The van der Waals surface area contributed by atoms with Crippen molar-refractivity contribution >= 4 is 17.6 Å². The average Bonchev–Trinajstić information content (AvgIpc) is 2.97. The van der Waals surface area contributed by atoms with Crippen LogP contribution in [0.2, 0.25) is 0 Å². The largest absolute Gasteiger partial charge is 0.485 e. The molecule has 0 aliphatic heterocycles. The molecule has 0 atom stereocenters. The molecule has 0 radical (unpaired) electrons. The maximum Gasteiger partial charge on any atom is 0.319 e. The first-order valence-corrected chi connectivity index (χ1v) is 8.98. The minimum atomic E-state index is -1.30. The van der Waals surface area contributed by atoms with Gasteiger partial charge in [-0.2, -0.15) is 4.98 Å². The van der Waals surface area contributed by atoms with E-state index in [2.05, 4.69) is 15.5 Å². The highest BCUT2D eigenvalue weighted by molar-refractivity contribution is 6.09. The van der Waals surface area contributed by atoms with Crippen molar-refractivity contribution in [1.29, 1.82) is 0 Å². The summed E-state index contributed by atoms with van der Waals surface area (Å²) < 4.78 is 10.4. The standard InChI is InChI=1S/C19H21N3O5/c1-12-20-15(22-27-12)9-26-14-5-3-13(4-6-14)21-16(23)19(17(24)25)10-18(11-19)7-2-8-18/h3-6H,2,7-11H2,1H3,(H,21,23)(H,24,25). The molecule has 8 nitrogen and oxygen atoms in total. The van der Waals surface area contributed by atoms with Gasteiger partial charge in [-0.05, 0) is 55.4 Å². The number of rotatable bonds is 6. The third kappa shape index (κ3) is 3.15. The highest BCUT2D eigenvalue weighted by atomic mass is 16.5. The van der Waals surface area contributed by atoms with Crippen molar-refractivity contribution in [2.75, 3.05) is 5.32 Å². The summed E-state index contributed by atoms with van der Waals surface area (Å²) in [4.78, 5) is 28.4. The van der Waals surface area contributed by atoms with E-state index in [4.69, 9.17) is 9.26 Å². The minimum absolute atomic E-state index is 0.0843. The van der Waals surface area contributed by atoms with Gasteiger partial charge in [0.05, 0.1) is 0 Å². The number of carbonyl (C=O) groups is 2. The number of benzene rings is 1. The molecule has 0 bridgehead atoms. The van der Waals surface area contributed by atoms with Crippen molar-refractivity contribution in [3.05, 3.63) is 36.0 Å². The number of hydrogen-bond donors (Lipinski definition) is 2. The molecule has 1 amide bonds. The van der Waals surface area contributed by atoms with Gasteiger partial charge in [0.1, 0.15) is 11.2 Å². The molecule has 0 unspecified atom stereocenters. The molecule has 1 spiro atoms. The van der Waals surface area contributed by atoms with Crippen LogP contribution >= 0.6 is 0 Å². The molecule has 8 heteroatoms. The van der Waals surface area contributed by atoms with E-state index < -0.39 is 17.3 Å². The van der Waals surface area contributed by atoms with Crippen LogP contribution in [0, 0.1) is 17.8 Å². The van der Waals surface area contributed by atoms with E-state index >= 15 is 0 Å². The lowest BCUT2D eigenvalue weighted by Crippen LogP contribution is -2.59. The van der Waals surface area contributed by atoms with Crippen molar-refractivity contribution in [2.45, 2.75) is 45.6 Å². The van der Waals surface area contributed by atoms with Crippen LogP contribution in [-0.4, -0.2) is 27.1 Å².